The van der Waals surface area contributed by atoms with Crippen LogP contribution >= 0.6 is 11.3 Å². The van der Waals surface area contributed by atoms with Gasteiger partial charge >= 0.3 is 0 Å². The number of amides is 1. The molecule has 0 fully saturated rings. The maximum absolute atomic E-state index is 13.1. The lowest BCUT2D eigenvalue weighted by Crippen LogP contribution is -2.33. The summed E-state index contributed by atoms with van der Waals surface area (Å²) in [6.07, 6.45) is 3.76. The molecule has 2 aliphatic rings. The van der Waals surface area contributed by atoms with Crippen molar-refractivity contribution in [2.24, 2.45) is 9.98 Å². The molecule has 0 aliphatic carbocycles. The lowest BCUT2D eigenvalue weighted by Gasteiger charge is -2.18. The average Bonchev–Trinajstić information content (AvgIpc) is 3.08. The van der Waals surface area contributed by atoms with Crippen molar-refractivity contribution in [3.05, 3.63) is 40.4 Å². The third kappa shape index (κ3) is 2.52. The van der Waals surface area contributed by atoms with Crippen molar-refractivity contribution < 1.29 is 4.79 Å². The molecular formula is C19H20N4OS. The highest BCUT2D eigenvalue weighted by Crippen LogP contribution is 2.47. The molecule has 2 aliphatic heterocycles. The van der Waals surface area contributed by atoms with E-state index in [9.17, 15) is 4.79 Å². The standard InChI is InChI=1S/C19H20N4OS/c1-11-8-22-18(25-11)23-16-7-13(14-9-20-12(2)21-10-14)5-6-15(16)19(3,4)17(23)24/h5-9,14H,10H2,1-4H3. The number of hydrogen-bond donors (Lipinski definition) is 0. The number of aliphatic imine (C=N–C) groups is 2. The minimum Gasteiger partial charge on any atom is -0.273 e. The Morgan fingerprint density at radius 2 is 2.08 bits per heavy atom. The summed E-state index contributed by atoms with van der Waals surface area (Å²) in [6.45, 7) is 8.56. The van der Waals surface area contributed by atoms with Gasteiger partial charge < -0.3 is 0 Å². The largest absolute Gasteiger partial charge is 0.273 e. The van der Waals surface area contributed by atoms with E-state index < -0.39 is 5.41 Å². The van der Waals surface area contributed by atoms with Gasteiger partial charge in [-0.1, -0.05) is 12.1 Å². The van der Waals surface area contributed by atoms with Crippen molar-refractivity contribution >= 4 is 40.1 Å². The quantitative estimate of drug-likeness (QED) is 0.820. The molecule has 3 heterocycles. The molecule has 0 radical (unpaired) electrons. The number of carbonyl (C=O) groups is 1. The Balaban J connectivity index is 1.80. The van der Waals surface area contributed by atoms with Gasteiger partial charge in [-0.25, -0.2) is 9.98 Å². The fourth-order valence-electron chi connectivity index (χ4n) is 3.34. The number of nitrogens with zero attached hydrogens (tertiary/aromatic N) is 4. The van der Waals surface area contributed by atoms with Crippen LogP contribution in [0.2, 0.25) is 0 Å². The van der Waals surface area contributed by atoms with Crippen molar-refractivity contribution in [3.8, 4) is 0 Å². The van der Waals surface area contributed by atoms with E-state index in [0.29, 0.717) is 6.54 Å². The number of benzene rings is 1. The second kappa shape index (κ2) is 5.59. The molecule has 25 heavy (non-hydrogen) atoms. The summed E-state index contributed by atoms with van der Waals surface area (Å²) >= 11 is 1.54. The Hall–Kier alpha value is -2.34. The van der Waals surface area contributed by atoms with E-state index >= 15 is 0 Å². The first-order valence-corrected chi connectivity index (χ1v) is 9.16. The Labute approximate surface area is 151 Å². The van der Waals surface area contributed by atoms with Crippen molar-refractivity contribution in [2.45, 2.75) is 39.0 Å². The van der Waals surface area contributed by atoms with Gasteiger partial charge in [0.05, 0.1) is 17.6 Å². The predicted octanol–water partition coefficient (Wildman–Crippen LogP) is 3.99. The number of thiazole rings is 1. The summed E-state index contributed by atoms with van der Waals surface area (Å²) in [5, 5.41) is 0.734. The molecule has 128 valence electrons. The van der Waals surface area contributed by atoms with Crippen molar-refractivity contribution in [3.63, 3.8) is 0 Å². The van der Waals surface area contributed by atoms with E-state index in [4.69, 9.17) is 0 Å². The number of carbonyl (C=O) groups excluding carboxylic acids is 1. The molecule has 5 nitrogen and oxygen atoms in total. The lowest BCUT2D eigenvalue weighted by atomic mass is 9.85. The van der Waals surface area contributed by atoms with Gasteiger partial charge in [-0.05, 0) is 44.9 Å². The molecule has 0 bridgehead atoms. The van der Waals surface area contributed by atoms with E-state index in [1.165, 1.54) is 0 Å². The number of anilines is 2. The van der Waals surface area contributed by atoms with Crippen LogP contribution in [0.4, 0.5) is 10.8 Å². The Bertz CT molecular complexity index is 925. The van der Waals surface area contributed by atoms with E-state index in [-0.39, 0.29) is 11.8 Å². The first-order chi connectivity index (χ1) is 11.9. The highest BCUT2D eigenvalue weighted by molar-refractivity contribution is 7.15. The molecule has 0 saturated carbocycles. The lowest BCUT2D eigenvalue weighted by molar-refractivity contribution is -0.121. The van der Waals surface area contributed by atoms with Crippen LogP contribution in [0, 0.1) is 6.92 Å². The molecular weight excluding hydrogens is 332 g/mol. The summed E-state index contributed by atoms with van der Waals surface area (Å²) in [4.78, 5) is 29.1. The normalized spacial score (nSPS) is 21.4. The number of fused-ring (bicyclic) bond motifs is 1. The zero-order valence-corrected chi connectivity index (χ0v) is 15.6. The van der Waals surface area contributed by atoms with Crippen molar-refractivity contribution in [1.82, 2.24) is 4.98 Å². The highest BCUT2D eigenvalue weighted by Gasteiger charge is 2.45. The van der Waals surface area contributed by atoms with Crippen LogP contribution < -0.4 is 4.90 Å². The van der Waals surface area contributed by atoms with Crippen LogP contribution in [0.1, 0.15) is 42.7 Å². The molecule has 1 atom stereocenters. The molecule has 2 aromatic rings. The van der Waals surface area contributed by atoms with Gasteiger partial charge in [0, 0.05) is 23.2 Å². The summed E-state index contributed by atoms with van der Waals surface area (Å²) in [7, 11) is 0. The third-order valence-corrected chi connectivity index (χ3v) is 5.76. The van der Waals surface area contributed by atoms with Crippen LogP contribution in [0.5, 0.6) is 0 Å². The monoisotopic (exact) mass is 352 g/mol. The van der Waals surface area contributed by atoms with Gasteiger partial charge in [-0.15, -0.1) is 11.3 Å². The molecule has 6 heteroatoms. The summed E-state index contributed by atoms with van der Waals surface area (Å²) in [5.41, 5.74) is 2.55. The molecule has 4 rings (SSSR count). The van der Waals surface area contributed by atoms with Gasteiger partial charge in [-0.3, -0.25) is 14.7 Å². The van der Waals surface area contributed by atoms with Gasteiger partial charge in [0.25, 0.3) is 0 Å². The van der Waals surface area contributed by atoms with Gasteiger partial charge in [0.1, 0.15) is 5.84 Å². The SMILES string of the molecule is CC1=NCC(c2ccc3c(c2)N(c2ncc(C)s2)C(=O)C3(C)C)C=N1. The first kappa shape index (κ1) is 16.1. The van der Waals surface area contributed by atoms with E-state index in [0.717, 1.165) is 32.7 Å². The fraction of sp³-hybridized carbons (Fsp3) is 0.368. The Morgan fingerprint density at radius 3 is 2.72 bits per heavy atom. The van der Waals surface area contributed by atoms with Gasteiger partial charge in [-0.2, -0.15) is 0 Å². The molecule has 1 aromatic heterocycles. The minimum absolute atomic E-state index is 0.0696. The van der Waals surface area contributed by atoms with Crippen LogP contribution in [0.15, 0.2) is 34.4 Å². The number of aryl methyl sites for hydroxylation is 1. The maximum Gasteiger partial charge on any atom is 0.243 e. The van der Waals surface area contributed by atoms with Crippen LogP contribution in [0.25, 0.3) is 0 Å². The second-order valence-corrected chi connectivity index (χ2v) is 8.28. The van der Waals surface area contributed by atoms with Gasteiger partial charge in [0.2, 0.25) is 5.91 Å². The second-order valence-electron chi connectivity index (χ2n) is 7.07. The van der Waals surface area contributed by atoms with Crippen LogP contribution in [-0.2, 0) is 10.2 Å². The summed E-state index contributed by atoms with van der Waals surface area (Å²) < 4.78 is 0. The predicted molar refractivity (Wildman–Crippen MR) is 103 cm³/mol. The number of aromatic nitrogens is 1. The third-order valence-electron chi connectivity index (χ3n) is 4.86. The van der Waals surface area contributed by atoms with E-state index in [1.54, 1.807) is 16.2 Å². The number of rotatable bonds is 2. The molecule has 0 saturated heterocycles. The molecule has 1 unspecified atom stereocenters. The van der Waals surface area contributed by atoms with E-state index in [1.807, 2.05) is 40.1 Å². The van der Waals surface area contributed by atoms with Crippen molar-refractivity contribution in [2.75, 3.05) is 11.4 Å². The number of hydrogen-bond acceptors (Lipinski definition) is 5. The van der Waals surface area contributed by atoms with Gasteiger partial charge in [0.15, 0.2) is 5.13 Å². The summed E-state index contributed by atoms with van der Waals surface area (Å²) in [6, 6.07) is 6.27. The van der Waals surface area contributed by atoms with Crippen LogP contribution in [0.3, 0.4) is 0 Å². The van der Waals surface area contributed by atoms with E-state index in [2.05, 4.69) is 33.2 Å². The smallest absolute Gasteiger partial charge is 0.243 e. The zero-order valence-electron chi connectivity index (χ0n) is 14.8. The zero-order chi connectivity index (χ0) is 17.8. The summed E-state index contributed by atoms with van der Waals surface area (Å²) in [5.74, 6) is 1.03. The maximum atomic E-state index is 13.1. The highest BCUT2D eigenvalue weighted by atomic mass is 32.1. The number of amidine groups is 1. The first-order valence-electron chi connectivity index (χ1n) is 8.34. The minimum atomic E-state index is -0.553. The molecule has 0 spiro atoms. The Kier molecular flexibility index (Phi) is 3.61. The van der Waals surface area contributed by atoms with Crippen molar-refractivity contribution in [1.29, 1.82) is 0 Å². The molecule has 1 aromatic carbocycles. The molecule has 0 N–H and O–H groups in total. The topological polar surface area (TPSA) is 57.9 Å². The van der Waals surface area contributed by atoms with Crippen LogP contribution in [-0.4, -0.2) is 29.5 Å². The Morgan fingerprint density at radius 1 is 1.28 bits per heavy atom. The average molecular weight is 352 g/mol. The fourth-order valence-corrected chi connectivity index (χ4v) is 4.11. The molecule has 1 amide bonds.